The van der Waals surface area contributed by atoms with Crippen molar-refractivity contribution in [2.75, 3.05) is 6.61 Å². The molecule has 1 unspecified atom stereocenters. The number of carbonyl (C=O) groups excluding carboxylic acids is 2. The fraction of sp³-hybridized carbons (Fsp3) is 0.385. The standard InChI is InChI=1S/C13H17NO3/c1-2-8-17-13(16)12(14-10-15)9-11-6-4-3-5-7-11/h3-7,10,12H,2,8-9H2,1H3,(H,14,15). The van der Waals surface area contributed by atoms with E-state index in [1.807, 2.05) is 37.3 Å². The van der Waals surface area contributed by atoms with E-state index in [9.17, 15) is 9.59 Å². The molecule has 1 aromatic carbocycles. The van der Waals surface area contributed by atoms with Crippen molar-refractivity contribution >= 4 is 12.4 Å². The molecule has 0 aliphatic heterocycles. The monoisotopic (exact) mass is 235 g/mol. The molecule has 0 saturated heterocycles. The van der Waals surface area contributed by atoms with Crippen LogP contribution in [0.3, 0.4) is 0 Å². The second kappa shape index (κ2) is 7.44. The van der Waals surface area contributed by atoms with E-state index < -0.39 is 6.04 Å². The third-order valence-electron chi connectivity index (χ3n) is 2.28. The fourth-order valence-electron chi connectivity index (χ4n) is 1.45. The van der Waals surface area contributed by atoms with E-state index in [2.05, 4.69) is 5.32 Å². The van der Waals surface area contributed by atoms with Gasteiger partial charge in [-0.25, -0.2) is 4.79 Å². The number of rotatable bonds is 7. The number of esters is 1. The van der Waals surface area contributed by atoms with Gasteiger partial charge >= 0.3 is 5.97 Å². The van der Waals surface area contributed by atoms with Gasteiger partial charge < -0.3 is 10.1 Å². The van der Waals surface area contributed by atoms with Gasteiger partial charge in [0.2, 0.25) is 6.41 Å². The largest absolute Gasteiger partial charge is 0.464 e. The van der Waals surface area contributed by atoms with Crippen LogP contribution >= 0.6 is 0 Å². The lowest BCUT2D eigenvalue weighted by atomic mass is 10.1. The van der Waals surface area contributed by atoms with Gasteiger partial charge in [0, 0.05) is 6.42 Å². The Morgan fingerprint density at radius 3 is 2.71 bits per heavy atom. The zero-order valence-corrected chi connectivity index (χ0v) is 9.89. The van der Waals surface area contributed by atoms with Crippen molar-refractivity contribution in [2.24, 2.45) is 0 Å². The Morgan fingerprint density at radius 1 is 1.41 bits per heavy atom. The first-order chi connectivity index (χ1) is 8.27. The Bertz CT molecular complexity index is 351. The SMILES string of the molecule is CCCOC(=O)C(Cc1ccccc1)NC=O. The van der Waals surface area contributed by atoms with E-state index in [0.717, 1.165) is 12.0 Å². The van der Waals surface area contributed by atoms with Gasteiger partial charge in [0.25, 0.3) is 0 Å². The van der Waals surface area contributed by atoms with Gasteiger partial charge in [-0.2, -0.15) is 0 Å². The van der Waals surface area contributed by atoms with Gasteiger partial charge in [0.15, 0.2) is 0 Å². The first-order valence-electron chi connectivity index (χ1n) is 5.68. The van der Waals surface area contributed by atoms with Crippen molar-refractivity contribution in [3.8, 4) is 0 Å². The summed E-state index contributed by atoms with van der Waals surface area (Å²) >= 11 is 0. The van der Waals surface area contributed by atoms with Gasteiger partial charge in [0.05, 0.1) is 6.61 Å². The number of hydrogen-bond donors (Lipinski definition) is 1. The highest BCUT2D eigenvalue weighted by atomic mass is 16.5. The highest BCUT2D eigenvalue weighted by Crippen LogP contribution is 2.04. The van der Waals surface area contributed by atoms with Crippen molar-refractivity contribution in [1.82, 2.24) is 5.32 Å². The van der Waals surface area contributed by atoms with Gasteiger partial charge in [-0.1, -0.05) is 37.3 Å². The Labute approximate surface area is 101 Å². The average molecular weight is 235 g/mol. The lowest BCUT2D eigenvalue weighted by Gasteiger charge is -2.14. The number of ether oxygens (including phenoxy) is 1. The minimum atomic E-state index is -0.610. The molecule has 0 aromatic heterocycles. The summed E-state index contributed by atoms with van der Waals surface area (Å²) in [5.74, 6) is -0.386. The molecule has 0 radical (unpaired) electrons. The third-order valence-corrected chi connectivity index (χ3v) is 2.28. The summed E-state index contributed by atoms with van der Waals surface area (Å²) in [5.41, 5.74) is 0.986. The molecule has 1 rings (SSSR count). The molecule has 0 bridgehead atoms. The summed E-state index contributed by atoms with van der Waals surface area (Å²) in [4.78, 5) is 22.1. The van der Waals surface area contributed by atoms with Crippen molar-refractivity contribution in [1.29, 1.82) is 0 Å². The Morgan fingerprint density at radius 2 is 2.12 bits per heavy atom. The molecule has 0 spiro atoms. The maximum atomic E-state index is 11.7. The molecule has 0 heterocycles. The zero-order valence-electron chi connectivity index (χ0n) is 9.89. The van der Waals surface area contributed by atoms with Gasteiger partial charge in [0.1, 0.15) is 6.04 Å². The minimum Gasteiger partial charge on any atom is -0.464 e. The van der Waals surface area contributed by atoms with Crippen LogP contribution in [0.15, 0.2) is 30.3 Å². The van der Waals surface area contributed by atoms with Gasteiger partial charge in [-0.05, 0) is 12.0 Å². The van der Waals surface area contributed by atoms with E-state index in [0.29, 0.717) is 19.4 Å². The molecule has 0 aliphatic carbocycles. The van der Waals surface area contributed by atoms with Crippen LogP contribution in [-0.4, -0.2) is 25.0 Å². The van der Waals surface area contributed by atoms with E-state index in [-0.39, 0.29) is 5.97 Å². The average Bonchev–Trinajstić information content (AvgIpc) is 2.36. The number of nitrogens with one attached hydrogen (secondary N) is 1. The minimum absolute atomic E-state index is 0.380. The number of carbonyl (C=O) groups is 2. The highest BCUT2D eigenvalue weighted by molar-refractivity contribution is 5.78. The van der Waals surface area contributed by atoms with E-state index in [1.165, 1.54) is 0 Å². The first-order valence-corrected chi connectivity index (χ1v) is 5.68. The van der Waals surface area contributed by atoms with Crippen LogP contribution in [0.25, 0.3) is 0 Å². The van der Waals surface area contributed by atoms with Crippen LogP contribution in [0.4, 0.5) is 0 Å². The lowest BCUT2D eigenvalue weighted by Crippen LogP contribution is -2.39. The van der Waals surface area contributed by atoms with Crippen LogP contribution in [0.5, 0.6) is 0 Å². The normalized spacial score (nSPS) is 11.6. The maximum Gasteiger partial charge on any atom is 0.328 e. The van der Waals surface area contributed by atoms with Crippen LogP contribution in [-0.2, 0) is 20.7 Å². The molecule has 0 aliphatic rings. The molecule has 4 heteroatoms. The summed E-state index contributed by atoms with van der Waals surface area (Å²) < 4.78 is 5.02. The third kappa shape index (κ3) is 4.68. The van der Waals surface area contributed by atoms with Gasteiger partial charge in [-0.15, -0.1) is 0 Å². The van der Waals surface area contributed by atoms with Crippen LogP contribution in [0, 0.1) is 0 Å². The summed E-state index contributed by atoms with van der Waals surface area (Å²) in [6.07, 6.45) is 1.74. The fourth-order valence-corrected chi connectivity index (χ4v) is 1.45. The molecule has 4 nitrogen and oxygen atoms in total. The maximum absolute atomic E-state index is 11.7. The van der Waals surface area contributed by atoms with Crippen LogP contribution in [0.1, 0.15) is 18.9 Å². The van der Waals surface area contributed by atoms with Crippen molar-refractivity contribution < 1.29 is 14.3 Å². The molecule has 17 heavy (non-hydrogen) atoms. The molecule has 0 saturated carbocycles. The number of amides is 1. The van der Waals surface area contributed by atoms with Crippen molar-refractivity contribution in [3.63, 3.8) is 0 Å². The second-order valence-electron chi connectivity index (χ2n) is 3.69. The molecular weight excluding hydrogens is 218 g/mol. The van der Waals surface area contributed by atoms with Crippen LogP contribution < -0.4 is 5.32 Å². The van der Waals surface area contributed by atoms with Crippen LogP contribution in [0.2, 0.25) is 0 Å². The highest BCUT2D eigenvalue weighted by Gasteiger charge is 2.19. The smallest absolute Gasteiger partial charge is 0.328 e. The predicted octanol–water partition coefficient (Wildman–Crippen LogP) is 1.30. The van der Waals surface area contributed by atoms with Crippen molar-refractivity contribution in [2.45, 2.75) is 25.8 Å². The summed E-state index contributed by atoms with van der Waals surface area (Å²) in [6, 6.07) is 8.90. The second-order valence-corrected chi connectivity index (χ2v) is 3.69. The Kier molecular flexibility index (Phi) is 5.79. The molecular formula is C13H17NO3. The predicted molar refractivity (Wildman–Crippen MR) is 64.4 cm³/mol. The molecule has 1 N–H and O–H groups in total. The summed E-state index contributed by atoms with van der Waals surface area (Å²) in [5, 5.41) is 2.48. The number of hydrogen-bond acceptors (Lipinski definition) is 3. The molecule has 1 atom stereocenters. The zero-order chi connectivity index (χ0) is 12.5. The Hall–Kier alpha value is -1.84. The number of benzene rings is 1. The Balaban J connectivity index is 2.59. The van der Waals surface area contributed by atoms with E-state index >= 15 is 0 Å². The lowest BCUT2D eigenvalue weighted by molar-refractivity contribution is -0.147. The topological polar surface area (TPSA) is 55.4 Å². The van der Waals surface area contributed by atoms with E-state index in [1.54, 1.807) is 0 Å². The quantitative estimate of drug-likeness (QED) is 0.572. The molecule has 92 valence electrons. The van der Waals surface area contributed by atoms with Gasteiger partial charge in [-0.3, -0.25) is 4.79 Å². The van der Waals surface area contributed by atoms with E-state index in [4.69, 9.17) is 4.74 Å². The molecule has 0 fully saturated rings. The van der Waals surface area contributed by atoms with Crippen molar-refractivity contribution in [3.05, 3.63) is 35.9 Å². The first kappa shape index (κ1) is 13.2. The summed E-state index contributed by atoms with van der Waals surface area (Å²) in [6.45, 7) is 2.30. The molecule has 1 aromatic rings. The summed E-state index contributed by atoms with van der Waals surface area (Å²) in [7, 11) is 0. The molecule has 1 amide bonds.